The van der Waals surface area contributed by atoms with Gasteiger partial charge in [0.1, 0.15) is 17.4 Å². The van der Waals surface area contributed by atoms with Crippen molar-refractivity contribution in [2.75, 3.05) is 44.2 Å². The van der Waals surface area contributed by atoms with Crippen LogP contribution in [0, 0.1) is 18.3 Å². The molecule has 2 amide bonds. The van der Waals surface area contributed by atoms with E-state index in [1.807, 2.05) is 37.3 Å². The van der Waals surface area contributed by atoms with E-state index in [2.05, 4.69) is 25.1 Å². The number of hydrogen-bond donors (Lipinski definition) is 1. The molecule has 1 aromatic heterocycles. The molecule has 1 saturated carbocycles. The van der Waals surface area contributed by atoms with Crippen molar-refractivity contribution in [3.05, 3.63) is 47.9 Å². The predicted molar refractivity (Wildman–Crippen MR) is 138 cm³/mol. The van der Waals surface area contributed by atoms with Crippen LogP contribution in [0.1, 0.15) is 61.1 Å². The maximum absolute atomic E-state index is 13.0. The van der Waals surface area contributed by atoms with Crippen molar-refractivity contribution in [1.29, 1.82) is 0 Å². The molecule has 0 atom stereocenters. The number of piperidine rings is 1. The summed E-state index contributed by atoms with van der Waals surface area (Å²) in [7, 11) is 0. The normalized spacial score (nSPS) is 21.2. The molecule has 1 spiro atoms. The number of benzene rings is 1. The van der Waals surface area contributed by atoms with Crippen molar-refractivity contribution < 1.29 is 14.3 Å². The van der Waals surface area contributed by atoms with Crippen LogP contribution in [0.3, 0.4) is 0 Å². The molecule has 2 fully saturated rings. The molecule has 2 aliphatic heterocycles. The van der Waals surface area contributed by atoms with Gasteiger partial charge in [-0.2, -0.15) is 0 Å². The molecule has 1 aromatic carbocycles. The minimum absolute atomic E-state index is 0.0265. The number of para-hydroxylation sites is 1. The predicted octanol–water partition coefficient (Wildman–Crippen LogP) is 3.60. The zero-order valence-electron chi connectivity index (χ0n) is 21.2. The van der Waals surface area contributed by atoms with Crippen LogP contribution in [-0.2, 0) is 4.79 Å². The van der Waals surface area contributed by atoms with Crippen LogP contribution in [0.4, 0.5) is 5.82 Å². The largest absolute Gasteiger partial charge is 0.492 e. The summed E-state index contributed by atoms with van der Waals surface area (Å²) in [5.41, 5.74) is 0.537. The standard InChI is InChI=1S/C28H37N5O3/c1-21-29-14-10-25(31-21)32-16-5-11-28(12-17-33(18-13-28)27(35)22-6-4-7-22)20-36-24-9-3-2-8-23(24)26(34)30-15-19-32/h2-3,8-10,14,22H,4-7,11-13,15-20H2,1H3,(H,30,34). The maximum atomic E-state index is 13.0. The van der Waals surface area contributed by atoms with E-state index in [1.54, 1.807) is 6.20 Å². The third-order valence-corrected chi connectivity index (χ3v) is 8.14. The Hall–Kier alpha value is -3.16. The number of nitrogens with one attached hydrogen (secondary N) is 1. The Kier molecular flexibility index (Phi) is 7.39. The third kappa shape index (κ3) is 5.47. The number of anilines is 1. The number of hydrogen-bond acceptors (Lipinski definition) is 6. The highest BCUT2D eigenvalue weighted by Gasteiger charge is 2.39. The highest BCUT2D eigenvalue weighted by atomic mass is 16.5. The van der Waals surface area contributed by atoms with Crippen LogP contribution in [0.15, 0.2) is 36.5 Å². The lowest BCUT2D eigenvalue weighted by atomic mass is 9.74. The first-order chi connectivity index (χ1) is 17.5. The highest BCUT2D eigenvalue weighted by molar-refractivity contribution is 5.96. The Morgan fingerprint density at radius 3 is 2.61 bits per heavy atom. The molecule has 36 heavy (non-hydrogen) atoms. The number of carbonyl (C=O) groups excluding carboxylic acids is 2. The number of aromatic nitrogens is 2. The summed E-state index contributed by atoms with van der Waals surface area (Å²) in [6.07, 6.45) is 8.89. The molecule has 0 radical (unpaired) electrons. The average molecular weight is 492 g/mol. The third-order valence-electron chi connectivity index (χ3n) is 8.14. The molecule has 3 aliphatic rings. The fourth-order valence-electron chi connectivity index (χ4n) is 5.60. The lowest BCUT2D eigenvalue weighted by molar-refractivity contribution is -0.141. The first-order valence-electron chi connectivity index (χ1n) is 13.4. The van der Waals surface area contributed by atoms with Gasteiger partial charge in [-0.05, 0) is 63.6 Å². The van der Waals surface area contributed by atoms with E-state index in [-0.39, 0.29) is 17.2 Å². The molecule has 8 heteroatoms. The van der Waals surface area contributed by atoms with Crippen LogP contribution < -0.4 is 15.0 Å². The van der Waals surface area contributed by atoms with Gasteiger partial charge in [0, 0.05) is 50.3 Å². The molecule has 192 valence electrons. The van der Waals surface area contributed by atoms with Crippen molar-refractivity contribution in [2.45, 2.75) is 51.9 Å². The molecule has 5 rings (SSSR count). The van der Waals surface area contributed by atoms with Gasteiger partial charge < -0.3 is 19.9 Å². The summed E-state index contributed by atoms with van der Waals surface area (Å²) in [6.45, 7) is 6.04. The quantitative estimate of drug-likeness (QED) is 0.691. The number of amides is 2. The molecular weight excluding hydrogens is 454 g/mol. The van der Waals surface area contributed by atoms with Crippen LogP contribution in [0.25, 0.3) is 0 Å². The molecule has 3 heterocycles. The smallest absolute Gasteiger partial charge is 0.255 e. The number of ether oxygens (including phenoxy) is 1. The molecular formula is C28H37N5O3. The second-order valence-corrected chi connectivity index (χ2v) is 10.5. The Bertz CT molecular complexity index is 1080. The number of nitrogens with zero attached hydrogens (tertiary/aromatic N) is 4. The fourth-order valence-corrected chi connectivity index (χ4v) is 5.60. The van der Waals surface area contributed by atoms with Crippen molar-refractivity contribution in [3.63, 3.8) is 0 Å². The summed E-state index contributed by atoms with van der Waals surface area (Å²) in [5.74, 6) is 2.71. The number of carbonyl (C=O) groups is 2. The first-order valence-corrected chi connectivity index (χ1v) is 13.4. The molecule has 0 unspecified atom stereocenters. The highest BCUT2D eigenvalue weighted by Crippen LogP contribution is 2.39. The summed E-state index contributed by atoms with van der Waals surface area (Å²) < 4.78 is 6.37. The van der Waals surface area contributed by atoms with Gasteiger partial charge >= 0.3 is 0 Å². The second-order valence-electron chi connectivity index (χ2n) is 10.5. The summed E-state index contributed by atoms with van der Waals surface area (Å²) in [5, 5.41) is 3.05. The lowest BCUT2D eigenvalue weighted by Gasteiger charge is -2.43. The Morgan fingerprint density at radius 2 is 1.86 bits per heavy atom. The van der Waals surface area contributed by atoms with Gasteiger partial charge in [0.2, 0.25) is 5.91 Å². The van der Waals surface area contributed by atoms with Crippen molar-refractivity contribution in [3.8, 4) is 5.75 Å². The first kappa shape index (κ1) is 24.5. The van der Waals surface area contributed by atoms with Gasteiger partial charge in [-0.1, -0.05) is 18.6 Å². The number of fused-ring (bicyclic) bond motifs is 1. The summed E-state index contributed by atoms with van der Waals surface area (Å²) in [6, 6.07) is 9.42. The van der Waals surface area contributed by atoms with Gasteiger partial charge in [0.15, 0.2) is 0 Å². The summed E-state index contributed by atoms with van der Waals surface area (Å²) >= 11 is 0. The van der Waals surface area contributed by atoms with Gasteiger partial charge in [-0.15, -0.1) is 0 Å². The Morgan fingerprint density at radius 1 is 1.06 bits per heavy atom. The van der Waals surface area contributed by atoms with E-state index in [0.717, 1.165) is 69.8 Å². The maximum Gasteiger partial charge on any atom is 0.255 e. The van der Waals surface area contributed by atoms with Crippen molar-refractivity contribution >= 4 is 17.6 Å². The zero-order chi connectivity index (χ0) is 25.0. The molecule has 2 aromatic rings. The van der Waals surface area contributed by atoms with E-state index in [9.17, 15) is 9.59 Å². The van der Waals surface area contributed by atoms with Crippen molar-refractivity contribution in [2.24, 2.45) is 11.3 Å². The monoisotopic (exact) mass is 491 g/mol. The van der Waals surface area contributed by atoms with Crippen LogP contribution in [0.2, 0.25) is 0 Å². The second kappa shape index (κ2) is 10.8. The van der Waals surface area contributed by atoms with E-state index >= 15 is 0 Å². The average Bonchev–Trinajstić information content (AvgIpc) is 2.86. The Balaban J connectivity index is 1.35. The van der Waals surface area contributed by atoms with Gasteiger partial charge in [-0.3, -0.25) is 9.59 Å². The molecule has 0 bridgehead atoms. The topological polar surface area (TPSA) is 87.7 Å². The van der Waals surface area contributed by atoms with E-state index < -0.39 is 0 Å². The van der Waals surface area contributed by atoms with Crippen LogP contribution in [-0.4, -0.2) is 66.0 Å². The van der Waals surface area contributed by atoms with E-state index in [4.69, 9.17) is 4.74 Å². The van der Waals surface area contributed by atoms with Gasteiger partial charge in [0.25, 0.3) is 5.91 Å². The number of likely N-dealkylation sites (tertiary alicyclic amines) is 1. The molecule has 1 saturated heterocycles. The number of rotatable bonds is 2. The van der Waals surface area contributed by atoms with Gasteiger partial charge in [0.05, 0.1) is 12.2 Å². The van der Waals surface area contributed by atoms with E-state index in [0.29, 0.717) is 36.9 Å². The molecule has 1 aliphatic carbocycles. The molecule has 8 nitrogen and oxygen atoms in total. The zero-order valence-corrected chi connectivity index (χ0v) is 21.2. The van der Waals surface area contributed by atoms with Crippen molar-refractivity contribution in [1.82, 2.24) is 20.2 Å². The lowest BCUT2D eigenvalue weighted by Crippen LogP contribution is -2.48. The van der Waals surface area contributed by atoms with Crippen LogP contribution in [0.5, 0.6) is 5.75 Å². The SMILES string of the molecule is Cc1nccc(N2CCCC3(CCN(C(=O)C4CCC4)CC3)COc3ccccc3C(=O)NCC2)n1. The van der Waals surface area contributed by atoms with Crippen LogP contribution >= 0.6 is 0 Å². The van der Waals surface area contributed by atoms with E-state index in [1.165, 1.54) is 6.42 Å². The minimum atomic E-state index is -0.126. The minimum Gasteiger partial charge on any atom is -0.492 e. The van der Waals surface area contributed by atoms with Gasteiger partial charge in [-0.25, -0.2) is 9.97 Å². The fraction of sp³-hybridized carbons (Fsp3) is 0.571. The Labute approximate surface area is 213 Å². The molecule has 1 N–H and O–H groups in total. The summed E-state index contributed by atoms with van der Waals surface area (Å²) in [4.78, 5) is 39.1. The number of aryl methyl sites for hydroxylation is 1.